The van der Waals surface area contributed by atoms with Crippen molar-refractivity contribution in [2.24, 2.45) is 0 Å². The molecule has 0 aromatic carbocycles. The molecule has 0 radical (unpaired) electrons. The van der Waals surface area contributed by atoms with Crippen molar-refractivity contribution < 1.29 is 9.59 Å². The molecule has 112 valence electrons. The highest BCUT2D eigenvalue weighted by atomic mass is 16.2. The SMILES string of the molecule is CN1C(=O)CCC[C@@]12CCCN(C(=O)c1ccccn1)C2. The van der Waals surface area contributed by atoms with Crippen LogP contribution in [0, 0.1) is 0 Å². The molecule has 0 N–H and O–H groups in total. The van der Waals surface area contributed by atoms with Crippen LogP contribution in [-0.2, 0) is 4.79 Å². The molecule has 21 heavy (non-hydrogen) atoms. The second kappa shape index (κ2) is 5.47. The molecule has 0 unspecified atom stereocenters. The summed E-state index contributed by atoms with van der Waals surface area (Å²) >= 11 is 0. The molecule has 2 fully saturated rings. The van der Waals surface area contributed by atoms with E-state index >= 15 is 0 Å². The van der Waals surface area contributed by atoms with Crippen molar-refractivity contribution in [2.45, 2.75) is 37.6 Å². The summed E-state index contributed by atoms with van der Waals surface area (Å²) in [5, 5.41) is 0. The van der Waals surface area contributed by atoms with Gasteiger partial charge in [-0.15, -0.1) is 0 Å². The Labute approximate surface area is 124 Å². The van der Waals surface area contributed by atoms with Crippen LogP contribution in [0.5, 0.6) is 0 Å². The molecule has 2 saturated heterocycles. The Morgan fingerprint density at radius 2 is 2.10 bits per heavy atom. The first-order valence-electron chi connectivity index (χ1n) is 7.59. The highest BCUT2D eigenvalue weighted by Gasteiger charge is 2.44. The van der Waals surface area contributed by atoms with Crippen LogP contribution in [0.4, 0.5) is 0 Å². The van der Waals surface area contributed by atoms with Gasteiger partial charge in [-0.2, -0.15) is 0 Å². The van der Waals surface area contributed by atoms with E-state index in [4.69, 9.17) is 0 Å². The zero-order valence-electron chi connectivity index (χ0n) is 12.4. The summed E-state index contributed by atoms with van der Waals surface area (Å²) in [6, 6.07) is 5.39. The molecule has 1 spiro atoms. The lowest BCUT2D eigenvalue weighted by molar-refractivity contribution is -0.142. The van der Waals surface area contributed by atoms with E-state index in [9.17, 15) is 9.59 Å². The van der Waals surface area contributed by atoms with Gasteiger partial charge in [-0.3, -0.25) is 14.6 Å². The monoisotopic (exact) mass is 287 g/mol. The predicted octanol–water partition coefficient (Wildman–Crippen LogP) is 1.70. The van der Waals surface area contributed by atoms with Crippen LogP contribution in [0.3, 0.4) is 0 Å². The minimum atomic E-state index is -0.169. The molecular weight excluding hydrogens is 266 g/mol. The zero-order valence-corrected chi connectivity index (χ0v) is 12.4. The lowest BCUT2D eigenvalue weighted by atomic mass is 9.80. The van der Waals surface area contributed by atoms with Gasteiger partial charge in [-0.05, 0) is 37.8 Å². The molecule has 3 heterocycles. The largest absolute Gasteiger partial charge is 0.338 e. The first kappa shape index (κ1) is 14.0. The molecule has 5 nitrogen and oxygen atoms in total. The molecule has 1 atom stereocenters. The lowest BCUT2D eigenvalue weighted by Crippen LogP contribution is -2.61. The first-order chi connectivity index (χ1) is 10.1. The maximum Gasteiger partial charge on any atom is 0.272 e. The van der Waals surface area contributed by atoms with Crippen molar-refractivity contribution in [3.05, 3.63) is 30.1 Å². The normalized spacial score (nSPS) is 26.2. The number of rotatable bonds is 1. The Balaban J connectivity index is 1.80. The molecule has 1 aromatic rings. The topological polar surface area (TPSA) is 53.5 Å². The fraction of sp³-hybridized carbons (Fsp3) is 0.562. The minimum Gasteiger partial charge on any atom is -0.338 e. The van der Waals surface area contributed by atoms with Gasteiger partial charge in [-0.1, -0.05) is 6.07 Å². The fourth-order valence-electron chi connectivity index (χ4n) is 3.58. The number of hydrogen-bond donors (Lipinski definition) is 0. The highest BCUT2D eigenvalue weighted by Crippen LogP contribution is 2.35. The molecule has 3 rings (SSSR count). The van der Waals surface area contributed by atoms with Gasteiger partial charge < -0.3 is 9.80 Å². The van der Waals surface area contributed by atoms with E-state index < -0.39 is 0 Å². The molecule has 0 saturated carbocycles. The Kier molecular flexibility index (Phi) is 3.66. The molecule has 0 bridgehead atoms. The molecule has 2 aliphatic heterocycles. The number of carbonyl (C=O) groups excluding carboxylic acids is 2. The second-order valence-electron chi connectivity index (χ2n) is 6.08. The maximum atomic E-state index is 12.6. The van der Waals surface area contributed by atoms with Gasteiger partial charge in [-0.25, -0.2) is 0 Å². The number of piperidine rings is 2. The third-order valence-electron chi connectivity index (χ3n) is 4.84. The van der Waals surface area contributed by atoms with E-state index in [0.717, 1.165) is 32.2 Å². The summed E-state index contributed by atoms with van der Waals surface area (Å²) in [6.45, 7) is 1.38. The number of likely N-dealkylation sites (tertiary alicyclic amines) is 2. The Hall–Kier alpha value is -1.91. The highest BCUT2D eigenvalue weighted by molar-refractivity contribution is 5.92. The number of amides is 2. The maximum absolute atomic E-state index is 12.6. The van der Waals surface area contributed by atoms with Gasteiger partial charge in [0.2, 0.25) is 5.91 Å². The van der Waals surface area contributed by atoms with Crippen molar-refractivity contribution in [2.75, 3.05) is 20.1 Å². The molecule has 2 aliphatic rings. The fourth-order valence-corrected chi connectivity index (χ4v) is 3.58. The number of aromatic nitrogens is 1. The van der Waals surface area contributed by atoms with E-state index in [2.05, 4.69) is 4.98 Å². The third-order valence-corrected chi connectivity index (χ3v) is 4.84. The van der Waals surface area contributed by atoms with Crippen LogP contribution < -0.4 is 0 Å². The first-order valence-corrected chi connectivity index (χ1v) is 7.59. The van der Waals surface area contributed by atoms with Crippen LogP contribution in [0.25, 0.3) is 0 Å². The third kappa shape index (κ3) is 2.52. The summed E-state index contributed by atoms with van der Waals surface area (Å²) in [7, 11) is 1.89. The standard InChI is InChI=1S/C16H21N3O2/c1-18-14(20)7-4-8-16(18)9-5-11-19(12-16)15(21)13-6-2-3-10-17-13/h2-3,6,10H,4-5,7-9,11-12H2,1H3/t16-/m0/s1. The molecule has 2 amide bonds. The number of likely N-dealkylation sites (N-methyl/N-ethyl adjacent to an activating group) is 1. The van der Waals surface area contributed by atoms with Crippen LogP contribution in [-0.4, -0.2) is 52.3 Å². The Bertz CT molecular complexity index is 542. The van der Waals surface area contributed by atoms with Gasteiger partial charge in [0.25, 0.3) is 5.91 Å². The van der Waals surface area contributed by atoms with Crippen LogP contribution in [0.2, 0.25) is 0 Å². The van der Waals surface area contributed by atoms with E-state index in [1.54, 1.807) is 12.3 Å². The number of carbonyl (C=O) groups is 2. The van der Waals surface area contributed by atoms with Crippen molar-refractivity contribution in [1.29, 1.82) is 0 Å². The number of nitrogens with zero attached hydrogens (tertiary/aromatic N) is 3. The summed E-state index contributed by atoms with van der Waals surface area (Å²) in [5.41, 5.74) is 0.317. The van der Waals surface area contributed by atoms with E-state index in [0.29, 0.717) is 18.7 Å². The van der Waals surface area contributed by atoms with Gasteiger partial charge in [0.05, 0.1) is 5.54 Å². The van der Waals surface area contributed by atoms with Crippen molar-refractivity contribution in [3.63, 3.8) is 0 Å². The Morgan fingerprint density at radius 1 is 1.29 bits per heavy atom. The van der Waals surface area contributed by atoms with E-state index in [1.165, 1.54) is 0 Å². The van der Waals surface area contributed by atoms with Gasteiger partial charge in [0.15, 0.2) is 0 Å². The zero-order chi connectivity index (χ0) is 14.9. The average molecular weight is 287 g/mol. The molecule has 1 aromatic heterocycles. The van der Waals surface area contributed by atoms with E-state index in [1.807, 2.05) is 29.0 Å². The average Bonchev–Trinajstić information content (AvgIpc) is 2.53. The van der Waals surface area contributed by atoms with Crippen LogP contribution >= 0.6 is 0 Å². The van der Waals surface area contributed by atoms with Gasteiger partial charge >= 0.3 is 0 Å². The minimum absolute atomic E-state index is 0.0268. The predicted molar refractivity (Wildman–Crippen MR) is 78.7 cm³/mol. The van der Waals surface area contributed by atoms with Crippen LogP contribution in [0.1, 0.15) is 42.6 Å². The second-order valence-corrected chi connectivity index (χ2v) is 6.08. The Morgan fingerprint density at radius 3 is 2.86 bits per heavy atom. The van der Waals surface area contributed by atoms with Crippen molar-refractivity contribution in [1.82, 2.24) is 14.8 Å². The van der Waals surface area contributed by atoms with Gasteiger partial charge in [0, 0.05) is 32.8 Å². The molecule has 5 heteroatoms. The summed E-state index contributed by atoms with van der Waals surface area (Å²) in [4.78, 5) is 32.5. The van der Waals surface area contributed by atoms with Crippen molar-refractivity contribution >= 4 is 11.8 Å². The smallest absolute Gasteiger partial charge is 0.272 e. The quantitative estimate of drug-likeness (QED) is 0.790. The van der Waals surface area contributed by atoms with Crippen molar-refractivity contribution in [3.8, 4) is 0 Å². The van der Waals surface area contributed by atoms with Gasteiger partial charge in [0.1, 0.15) is 5.69 Å². The molecular formula is C16H21N3O2. The van der Waals surface area contributed by atoms with Crippen LogP contribution in [0.15, 0.2) is 24.4 Å². The summed E-state index contributed by atoms with van der Waals surface area (Å²) in [5.74, 6) is 0.175. The number of pyridine rings is 1. The summed E-state index contributed by atoms with van der Waals surface area (Å²) in [6.07, 6.45) is 6.11. The number of hydrogen-bond acceptors (Lipinski definition) is 3. The summed E-state index contributed by atoms with van der Waals surface area (Å²) < 4.78 is 0. The lowest BCUT2D eigenvalue weighted by Gasteiger charge is -2.50. The molecule has 0 aliphatic carbocycles. The van der Waals surface area contributed by atoms with E-state index in [-0.39, 0.29) is 17.4 Å².